The van der Waals surface area contributed by atoms with Gasteiger partial charge in [-0.2, -0.15) is 0 Å². The van der Waals surface area contributed by atoms with Gasteiger partial charge in [-0.15, -0.1) is 4.57 Å². The van der Waals surface area contributed by atoms with Crippen molar-refractivity contribution >= 4 is 34.1 Å². The summed E-state index contributed by atoms with van der Waals surface area (Å²) in [6.45, 7) is 4.10. The average molecular weight is 401 g/mol. The third-order valence-electron chi connectivity index (χ3n) is 5.15. The van der Waals surface area contributed by atoms with E-state index in [-0.39, 0.29) is 12.5 Å². The largest absolute Gasteiger partial charge is 0.461 e. The second-order valence-electron chi connectivity index (χ2n) is 7.04. The molecule has 1 aromatic heterocycles. The Morgan fingerprint density at radius 2 is 1.67 bits per heavy atom. The summed E-state index contributed by atoms with van der Waals surface area (Å²) in [5.41, 5.74) is 4.40. The van der Waals surface area contributed by atoms with Gasteiger partial charge >= 0.3 is 11.9 Å². The van der Waals surface area contributed by atoms with Gasteiger partial charge in [0, 0.05) is 6.07 Å². The van der Waals surface area contributed by atoms with Crippen LogP contribution in [-0.4, -0.2) is 12.6 Å². The fraction of sp³-hybridized carbons (Fsp3) is 0.167. The summed E-state index contributed by atoms with van der Waals surface area (Å²) in [7, 11) is 0. The molecule has 0 N–H and O–H groups in total. The van der Waals surface area contributed by atoms with E-state index in [9.17, 15) is 4.79 Å². The lowest BCUT2D eigenvalue weighted by Gasteiger charge is -2.32. The van der Waals surface area contributed by atoms with Crippen LogP contribution in [0.1, 0.15) is 12.8 Å². The van der Waals surface area contributed by atoms with Crippen LogP contribution >= 0.6 is 0 Å². The fourth-order valence-corrected chi connectivity index (χ4v) is 3.84. The molecule has 0 saturated heterocycles. The van der Waals surface area contributed by atoms with E-state index in [2.05, 4.69) is 4.90 Å². The molecule has 0 radical (unpaired) electrons. The van der Waals surface area contributed by atoms with Gasteiger partial charge in [0.25, 0.3) is 5.52 Å². The first-order valence-electron chi connectivity index (χ1n) is 9.90. The van der Waals surface area contributed by atoms with Gasteiger partial charge in [-0.3, -0.25) is 0 Å². The van der Waals surface area contributed by atoms with Gasteiger partial charge in [0.15, 0.2) is 11.5 Å². The van der Waals surface area contributed by atoms with Gasteiger partial charge in [-0.05, 0) is 43.3 Å². The molecule has 2 heterocycles. The van der Waals surface area contributed by atoms with Gasteiger partial charge in [0.1, 0.15) is 0 Å². The summed E-state index contributed by atoms with van der Waals surface area (Å²) in [4.78, 5) is 14.3. The van der Waals surface area contributed by atoms with Crippen LogP contribution in [0.4, 0.5) is 17.1 Å². The third kappa shape index (κ3) is 2.97. The molecule has 0 unspecified atom stereocenters. The highest BCUT2D eigenvalue weighted by Crippen LogP contribution is 2.50. The molecule has 0 fully saturated rings. The second kappa shape index (κ2) is 7.22. The topological polar surface area (TPSA) is 55.8 Å². The first-order valence-corrected chi connectivity index (χ1v) is 9.90. The van der Waals surface area contributed by atoms with Crippen molar-refractivity contribution in [1.82, 2.24) is 0 Å². The van der Waals surface area contributed by atoms with Crippen molar-refractivity contribution < 1.29 is 23.3 Å². The summed E-state index contributed by atoms with van der Waals surface area (Å²) < 4.78 is 18.9. The van der Waals surface area contributed by atoms with Gasteiger partial charge in [-0.1, -0.05) is 24.3 Å². The predicted molar refractivity (Wildman–Crippen MR) is 113 cm³/mol. The smallest absolute Gasteiger partial charge is 0.372 e. The number of carbonyl (C=O) groups excluding carboxylic acids is 1. The number of hydrogen-bond donors (Lipinski definition) is 0. The van der Waals surface area contributed by atoms with E-state index in [1.807, 2.05) is 78.2 Å². The number of rotatable bonds is 4. The number of nitrogens with zero attached hydrogens (tertiary/aromatic N) is 2. The number of anilines is 3. The molecule has 0 bridgehead atoms. The van der Waals surface area contributed by atoms with Crippen molar-refractivity contribution in [2.75, 3.05) is 11.5 Å². The highest BCUT2D eigenvalue weighted by atomic mass is 16.5. The van der Waals surface area contributed by atoms with Gasteiger partial charge in [0.2, 0.25) is 12.1 Å². The first-order chi connectivity index (χ1) is 14.7. The maximum absolute atomic E-state index is 12.1. The highest BCUT2D eigenvalue weighted by molar-refractivity contribution is 5.88. The molecular weight excluding hydrogens is 380 g/mol. The van der Waals surface area contributed by atoms with Gasteiger partial charge in [0.05, 0.1) is 30.6 Å². The number of hydrogen-bond acceptors (Lipinski definition) is 5. The number of aromatic nitrogens is 1. The Labute approximate surface area is 173 Å². The van der Waals surface area contributed by atoms with Crippen molar-refractivity contribution in [2.45, 2.75) is 20.4 Å². The monoisotopic (exact) mass is 401 g/mol. The van der Waals surface area contributed by atoms with Gasteiger partial charge in [-0.25, -0.2) is 4.79 Å². The molecule has 4 aromatic rings. The van der Waals surface area contributed by atoms with E-state index in [4.69, 9.17) is 13.9 Å². The molecule has 6 nitrogen and oxygen atoms in total. The Morgan fingerprint density at radius 3 is 2.33 bits per heavy atom. The molecule has 0 amide bonds. The maximum atomic E-state index is 12.1. The van der Waals surface area contributed by atoms with Crippen LogP contribution < -0.4 is 14.2 Å². The molecule has 30 heavy (non-hydrogen) atoms. The second-order valence-corrected chi connectivity index (χ2v) is 7.04. The van der Waals surface area contributed by atoms with Crippen LogP contribution in [0.3, 0.4) is 0 Å². The quantitative estimate of drug-likeness (QED) is 0.307. The Kier molecular flexibility index (Phi) is 4.39. The Hall–Kier alpha value is -3.80. The van der Waals surface area contributed by atoms with Crippen LogP contribution in [0, 0.1) is 6.92 Å². The molecule has 0 spiro atoms. The number of oxazole rings is 1. The van der Waals surface area contributed by atoms with Crippen LogP contribution in [0.5, 0.6) is 11.5 Å². The highest BCUT2D eigenvalue weighted by Gasteiger charge is 2.28. The van der Waals surface area contributed by atoms with Crippen molar-refractivity contribution in [3.05, 3.63) is 72.6 Å². The normalized spacial score (nSPS) is 12.3. The molecular formula is C24H21N2O4+. The van der Waals surface area contributed by atoms with E-state index in [1.54, 1.807) is 6.92 Å². The number of aryl methyl sites for hydroxylation is 1. The minimum Gasteiger partial charge on any atom is -0.461 e. The summed E-state index contributed by atoms with van der Waals surface area (Å²) >= 11 is 0. The molecule has 0 atom stereocenters. The summed E-state index contributed by atoms with van der Waals surface area (Å²) in [6, 6.07) is 21.9. The lowest BCUT2D eigenvalue weighted by atomic mass is 10.1. The zero-order valence-corrected chi connectivity index (χ0v) is 16.8. The summed E-state index contributed by atoms with van der Waals surface area (Å²) in [6.07, 6.45) is 0. The molecule has 1 aliphatic rings. The molecule has 0 saturated carbocycles. The van der Waals surface area contributed by atoms with Crippen molar-refractivity contribution in [3.8, 4) is 11.5 Å². The van der Waals surface area contributed by atoms with Crippen molar-refractivity contribution in [1.29, 1.82) is 0 Å². The molecule has 0 aliphatic carbocycles. The zero-order chi connectivity index (χ0) is 20.7. The van der Waals surface area contributed by atoms with E-state index in [0.717, 1.165) is 39.7 Å². The van der Waals surface area contributed by atoms with Gasteiger partial charge < -0.3 is 18.8 Å². The molecule has 150 valence electrons. The molecule has 3 aromatic carbocycles. The number of benzene rings is 3. The van der Waals surface area contributed by atoms with E-state index in [1.165, 1.54) is 0 Å². The van der Waals surface area contributed by atoms with Crippen molar-refractivity contribution in [2.24, 2.45) is 0 Å². The van der Waals surface area contributed by atoms with Crippen LogP contribution in [0.25, 0.3) is 11.1 Å². The SMILES string of the molecule is CCOC(=O)C[n+]1c(C)oc2ccc(N3c4ccccc4Oc4ccccc43)cc21. The first kappa shape index (κ1) is 18.2. The lowest BCUT2D eigenvalue weighted by Crippen LogP contribution is -2.40. The average Bonchev–Trinajstić information content (AvgIpc) is 3.06. The van der Waals surface area contributed by atoms with Crippen LogP contribution in [-0.2, 0) is 16.1 Å². The predicted octanol–water partition coefficient (Wildman–Crippen LogP) is 5.17. The number of esters is 1. The molecule has 5 rings (SSSR count). The summed E-state index contributed by atoms with van der Waals surface area (Å²) in [5.74, 6) is 1.94. The van der Waals surface area contributed by atoms with Crippen LogP contribution in [0.15, 0.2) is 71.1 Å². The standard InChI is InChI=1S/C24H21N2O4/c1-3-28-24(27)15-25-16(2)29-23-13-12-17(14-20(23)25)26-18-8-4-6-10-21(18)30-22-11-7-5-9-19(22)26/h4-14H,3,15H2,1-2H3/q+1. The number of ether oxygens (including phenoxy) is 2. The lowest BCUT2D eigenvalue weighted by molar-refractivity contribution is -0.671. The Balaban J connectivity index is 1.66. The number of carbonyl (C=O) groups is 1. The summed E-state index contributed by atoms with van der Waals surface area (Å²) in [5, 5.41) is 0. The Morgan fingerprint density at radius 1 is 1.00 bits per heavy atom. The molecule has 1 aliphatic heterocycles. The minimum atomic E-state index is -0.291. The van der Waals surface area contributed by atoms with Crippen molar-refractivity contribution in [3.63, 3.8) is 0 Å². The van der Waals surface area contributed by atoms with E-state index >= 15 is 0 Å². The molecule has 6 heteroatoms. The van der Waals surface area contributed by atoms with E-state index in [0.29, 0.717) is 12.5 Å². The van der Waals surface area contributed by atoms with E-state index < -0.39 is 0 Å². The maximum Gasteiger partial charge on any atom is 0.372 e. The zero-order valence-electron chi connectivity index (χ0n) is 16.8. The third-order valence-corrected chi connectivity index (χ3v) is 5.15. The number of para-hydroxylation sites is 4. The number of fused-ring (bicyclic) bond motifs is 3. The minimum absolute atomic E-state index is 0.104. The van der Waals surface area contributed by atoms with Crippen LogP contribution in [0.2, 0.25) is 0 Å². The fourth-order valence-electron chi connectivity index (χ4n) is 3.84. The Bertz CT molecular complexity index is 1220.